The van der Waals surface area contributed by atoms with Crippen LogP contribution in [0.15, 0.2) is 53.9 Å². The highest BCUT2D eigenvalue weighted by molar-refractivity contribution is 7.12. The second-order valence-electron chi connectivity index (χ2n) is 6.96. The zero-order chi connectivity index (χ0) is 24.4. The van der Waals surface area contributed by atoms with Crippen LogP contribution in [0, 0.1) is 10.1 Å². The first-order chi connectivity index (χ1) is 16.3. The summed E-state index contributed by atoms with van der Waals surface area (Å²) in [6, 6.07) is 11.9. The van der Waals surface area contributed by atoms with Crippen LogP contribution in [0.4, 0.5) is 14.5 Å². The number of rotatable bonds is 8. The predicted molar refractivity (Wildman–Crippen MR) is 124 cm³/mol. The van der Waals surface area contributed by atoms with Crippen LogP contribution in [-0.2, 0) is 0 Å². The van der Waals surface area contributed by atoms with Gasteiger partial charge in [0.2, 0.25) is 5.78 Å². The average Bonchev–Trinajstić information content (AvgIpc) is 3.49. The molecule has 0 saturated carbocycles. The van der Waals surface area contributed by atoms with E-state index in [0.29, 0.717) is 4.57 Å². The highest BCUT2D eigenvalue weighted by Crippen LogP contribution is 2.38. The van der Waals surface area contributed by atoms with Crippen LogP contribution in [0.25, 0.3) is 22.7 Å². The number of hydrogen-bond donors (Lipinski definition) is 0. The maximum Gasteiger partial charge on any atom is 0.320 e. The molecule has 0 aliphatic rings. The van der Waals surface area contributed by atoms with Crippen molar-refractivity contribution < 1.29 is 28.0 Å². The third-order valence-electron chi connectivity index (χ3n) is 5.05. The number of carbonyl (C=O) groups excluding carboxylic acids is 1. The van der Waals surface area contributed by atoms with Gasteiger partial charge in [-0.1, -0.05) is 18.2 Å². The summed E-state index contributed by atoms with van der Waals surface area (Å²) >= 11 is 1.12. The Labute approximate surface area is 195 Å². The zero-order valence-corrected chi connectivity index (χ0v) is 18.7. The van der Waals surface area contributed by atoms with Crippen molar-refractivity contribution in [1.29, 1.82) is 0 Å². The summed E-state index contributed by atoms with van der Waals surface area (Å²) in [6.45, 7) is -3.01. The standard InChI is InChI=1S/C23H17F2N3O5S/c1-32-18-11-13(17(28(30)31)12-19(18)33-2)10-14(21(29)20-8-5-9-34-20)22-26-15-6-3-4-7-16(15)27(22)23(24)25/h3-12,23H,1-2H3/b14-10-. The highest BCUT2D eigenvalue weighted by Gasteiger charge is 2.27. The van der Waals surface area contributed by atoms with E-state index < -0.39 is 22.9 Å². The predicted octanol–water partition coefficient (Wildman–Crippen LogP) is 5.84. The first-order valence-electron chi connectivity index (χ1n) is 9.81. The lowest BCUT2D eigenvalue weighted by atomic mass is 10.0. The lowest BCUT2D eigenvalue weighted by Gasteiger charge is -2.12. The molecule has 0 fully saturated rings. The minimum Gasteiger partial charge on any atom is -0.493 e. The molecule has 0 atom stereocenters. The number of fused-ring (bicyclic) bond motifs is 1. The molecule has 174 valence electrons. The van der Waals surface area contributed by atoms with Crippen LogP contribution in [0.5, 0.6) is 11.5 Å². The lowest BCUT2D eigenvalue weighted by molar-refractivity contribution is -0.385. The molecule has 0 bridgehead atoms. The zero-order valence-electron chi connectivity index (χ0n) is 17.9. The Morgan fingerprint density at radius 1 is 1.15 bits per heavy atom. The van der Waals surface area contributed by atoms with Crippen molar-refractivity contribution in [3.05, 3.63) is 80.3 Å². The van der Waals surface area contributed by atoms with Crippen LogP contribution in [0.2, 0.25) is 0 Å². The number of ether oxygens (including phenoxy) is 2. The summed E-state index contributed by atoms with van der Waals surface area (Å²) in [6.07, 6.45) is 1.18. The maximum absolute atomic E-state index is 14.2. The van der Waals surface area contributed by atoms with Crippen LogP contribution >= 0.6 is 11.3 Å². The molecule has 2 aromatic heterocycles. The van der Waals surface area contributed by atoms with E-state index in [9.17, 15) is 23.7 Å². The van der Waals surface area contributed by atoms with Crippen molar-refractivity contribution in [3.63, 3.8) is 0 Å². The number of para-hydroxylation sites is 2. The van der Waals surface area contributed by atoms with Gasteiger partial charge in [0.15, 0.2) is 11.5 Å². The fourth-order valence-corrected chi connectivity index (χ4v) is 4.20. The summed E-state index contributed by atoms with van der Waals surface area (Å²) in [7, 11) is 2.68. The Hall–Kier alpha value is -4.12. The number of alkyl halides is 2. The van der Waals surface area contributed by atoms with Gasteiger partial charge in [-0.2, -0.15) is 8.78 Å². The Bertz CT molecular complexity index is 1410. The smallest absolute Gasteiger partial charge is 0.320 e. The van der Waals surface area contributed by atoms with Gasteiger partial charge < -0.3 is 9.47 Å². The molecule has 11 heteroatoms. The highest BCUT2D eigenvalue weighted by atomic mass is 32.1. The third kappa shape index (κ3) is 4.13. The van der Waals surface area contributed by atoms with Crippen molar-refractivity contribution >= 4 is 45.5 Å². The Kier molecular flexibility index (Phi) is 6.37. The Morgan fingerprint density at radius 3 is 2.47 bits per heavy atom. The molecule has 2 aromatic carbocycles. The lowest BCUT2D eigenvalue weighted by Crippen LogP contribution is -2.10. The van der Waals surface area contributed by atoms with E-state index in [2.05, 4.69) is 4.98 Å². The molecule has 0 radical (unpaired) electrons. The van der Waals surface area contributed by atoms with Gasteiger partial charge in [0.05, 0.1) is 52.3 Å². The summed E-state index contributed by atoms with van der Waals surface area (Å²) in [4.78, 5) is 29.1. The number of hydrogen-bond acceptors (Lipinski definition) is 7. The van der Waals surface area contributed by atoms with Crippen molar-refractivity contribution in [3.8, 4) is 11.5 Å². The van der Waals surface area contributed by atoms with Crippen LogP contribution in [0.1, 0.15) is 27.6 Å². The average molecular weight is 485 g/mol. The molecule has 0 saturated heterocycles. The van der Waals surface area contributed by atoms with Gasteiger partial charge in [-0.25, -0.2) is 4.98 Å². The molecule has 4 aromatic rings. The number of thiophene rings is 1. The summed E-state index contributed by atoms with van der Waals surface area (Å²) in [5.41, 5.74) is -0.276. The van der Waals surface area contributed by atoms with E-state index in [0.717, 1.165) is 17.4 Å². The number of nitrogens with zero attached hydrogens (tertiary/aromatic N) is 3. The van der Waals surface area contributed by atoms with Crippen molar-refractivity contribution in [2.24, 2.45) is 0 Å². The maximum atomic E-state index is 14.2. The molecule has 0 aliphatic heterocycles. The van der Waals surface area contributed by atoms with Gasteiger partial charge in [-0.15, -0.1) is 11.3 Å². The van der Waals surface area contributed by atoms with E-state index in [-0.39, 0.29) is 44.4 Å². The Morgan fingerprint density at radius 2 is 1.85 bits per heavy atom. The molecule has 8 nitrogen and oxygen atoms in total. The second kappa shape index (κ2) is 9.40. The molecular weight excluding hydrogens is 468 g/mol. The number of halogens is 2. The number of imidazole rings is 1. The minimum atomic E-state index is -3.01. The summed E-state index contributed by atoms with van der Waals surface area (Å²) < 4.78 is 39.3. The molecule has 0 spiro atoms. The van der Waals surface area contributed by atoms with Crippen LogP contribution in [0.3, 0.4) is 0 Å². The molecule has 2 heterocycles. The number of nitro benzene ring substituents is 1. The van der Waals surface area contributed by atoms with Gasteiger partial charge in [0, 0.05) is 0 Å². The number of allylic oxidation sites excluding steroid dienone is 1. The molecule has 4 rings (SSSR count). The second-order valence-corrected chi connectivity index (χ2v) is 7.91. The number of aromatic nitrogens is 2. The van der Waals surface area contributed by atoms with Gasteiger partial charge in [0.25, 0.3) is 5.69 Å². The third-order valence-corrected chi connectivity index (χ3v) is 5.92. The fraction of sp³-hybridized carbons (Fsp3) is 0.130. The molecule has 0 N–H and O–H groups in total. The van der Waals surface area contributed by atoms with Gasteiger partial charge in [-0.05, 0) is 35.7 Å². The van der Waals surface area contributed by atoms with E-state index in [1.54, 1.807) is 35.7 Å². The van der Waals surface area contributed by atoms with E-state index in [1.807, 2.05) is 0 Å². The SMILES string of the molecule is COc1cc(/C=C(/C(=O)c2cccs2)c2nc3ccccc3n2C(F)F)c([N+](=O)[O-])cc1OC. The van der Waals surface area contributed by atoms with E-state index in [4.69, 9.17) is 9.47 Å². The first kappa shape index (κ1) is 23.1. The van der Waals surface area contributed by atoms with Crippen molar-refractivity contribution in [1.82, 2.24) is 9.55 Å². The number of ketones is 1. The molecule has 0 amide bonds. The number of methoxy groups -OCH3 is 2. The quantitative estimate of drug-likeness (QED) is 0.135. The molecule has 34 heavy (non-hydrogen) atoms. The van der Waals surface area contributed by atoms with Crippen molar-refractivity contribution in [2.45, 2.75) is 6.55 Å². The topological polar surface area (TPSA) is 96.5 Å². The van der Waals surface area contributed by atoms with Crippen LogP contribution in [-0.4, -0.2) is 34.5 Å². The van der Waals surface area contributed by atoms with Crippen molar-refractivity contribution in [2.75, 3.05) is 14.2 Å². The monoisotopic (exact) mass is 485 g/mol. The fourth-order valence-electron chi connectivity index (χ4n) is 3.52. The first-order valence-corrected chi connectivity index (χ1v) is 10.7. The number of Topliss-reactive ketones (excluding diaryl/α,β-unsaturated/α-hetero) is 1. The normalized spacial score (nSPS) is 11.7. The van der Waals surface area contributed by atoms with Gasteiger partial charge in [0.1, 0.15) is 5.82 Å². The summed E-state index contributed by atoms with van der Waals surface area (Å²) in [5, 5.41) is 13.4. The Balaban J connectivity index is 2.04. The minimum absolute atomic E-state index is 0.0320. The van der Waals surface area contributed by atoms with E-state index in [1.165, 1.54) is 32.4 Å². The molecular formula is C23H17F2N3O5S. The number of benzene rings is 2. The van der Waals surface area contributed by atoms with Gasteiger partial charge in [-0.3, -0.25) is 19.5 Å². The molecule has 0 unspecified atom stereocenters. The molecule has 0 aliphatic carbocycles. The number of nitro groups is 1. The van der Waals surface area contributed by atoms with Crippen LogP contribution < -0.4 is 9.47 Å². The van der Waals surface area contributed by atoms with Gasteiger partial charge >= 0.3 is 6.55 Å². The van der Waals surface area contributed by atoms with E-state index >= 15 is 0 Å². The number of carbonyl (C=O) groups is 1. The largest absolute Gasteiger partial charge is 0.493 e. The summed E-state index contributed by atoms with van der Waals surface area (Å²) in [5.74, 6) is -0.628.